The Morgan fingerprint density at radius 2 is 1.68 bits per heavy atom. The normalized spacial score (nSPS) is 15.7. The monoisotopic (exact) mass is 261 g/mol. The van der Waals surface area contributed by atoms with Crippen LogP contribution in [0, 0.1) is 0 Å². The van der Waals surface area contributed by atoms with Crippen LogP contribution in [0.2, 0.25) is 0 Å². The summed E-state index contributed by atoms with van der Waals surface area (Å²) in [5.74, 6) is -0.0980. The number of nitrogens with zero attached hydrogens (tertiary/aromatic N) is 1. The summed E-state index contributed by atoms with van der Waals surface area (Å²) in [6.07, 6.45) is 4.44. The van der Waals surface area contributed by atoms with Crippen LogP contribution in [0.4, 0.5) is 0 Å². The van der Waals surface area contributed by atoms with Gasteiger partial charge in [0.1, 0.15) is 5.75 Å². The molecule has 1 heterocycles. The highest BCUT2D eigenvalue weighted by Crippen LogP contribution is 2.21. The molecule has 0 N–H and O–H groups in total. The minimum Gasteiger partial charge on any atom is -0.426 e. The molecule has 0 radical (unpaired) electrons. The fraction of sp³-hybridized carbons (Fsp3) is 0.467. The van der Waals surface area contributed by atoms with E-state index in [0.717, 1.165) is 25.9 Å². The van der Waals surface area contributed by atoms with Gasteiger partial charge < -0.3 is 9.64 Å². The number of likely N-dealkylation sites (tertiary alicyclic amines) is 1. The minimum atomic E-state index is -0.406. The molecule has 0 bridgehead atoms. The summed E-state index contributed by atoms with van der Waals surface area (Å²) in [5.41, 5.74) is 0.472. The van der Waals surface area contributed by atoms with Gasteiger partial charge in [-0.15, -0.1) is 0 Å². The van der Waals surface area contributed by atoms with E-state index in [1.807, 2.05) is 4.90 Å². The van der Waals surface area contributed by atoms with E-state index >= 15 is 0 Å². The molecule has 1 fully saturated rings. The molecule has 0 aliphatic carbocycles. The summed E-state index contributed by atoms with van der Waals surface area (Å²) < 4.78 is 5.10. The van der Waals surface area contributed by atoms with Gasteiger partial charge in [0.15, 0.2) is 0 Å². The van der Waals surface area contributed by atoms with Gasteiger partial charge >= 0.3 is 5.97 Å². The number of ether oxygens (including phenoxy) is 1. The van der Waals surface area contributed by atoms with Crippen molar-refractivity contribution >= 4 is 11.9 Å². The van der Waals surface area contributed by atoms with Crippen molar-refractivity contribution in [1.29, 1.82) is 0 Å². The van der Waals surface area contributed by atoms with Crippen LogP contribution in [0.3, 0.4) is 0 Å². The van der Waals surface area contributed by atoms with Crippen LogP contribution in [-0.4, -0.2) is 29.9 Å². The topological polar surface area (TPSA) is 46.6 Å². The fourth-order valence-electron chi connectivity index (χ4n) is 2.33. The second-order valence-electron chi connectivity index (χ2n) is 4.80. The molecule has 1 aliphatic rings. The molecule has 0 unspecified atom stereocenters. The average Bonchev–Trinajstić information content (AvgIpc) is 2.67. The predicted octanol–water partition coefficient (Wildman–Crippen LogP) is 2.63. The summed E-state index contributed by atoms with van der Waals surface area (Å²) in [4.78, 5) is 25.4. The third-order valence-electron chi connectivity index (χ3n) is 3.26. The molecule has 0 spiro atoms. The summed E-state index contributed by atoms with van der Waals surface area (Å²) in [6, 6.07) is 6.92. The molecule has 19 heavy (non-hydrogen) atoms. The van der Waals surface area contributed by atoms with Gasteiger partial charge in [0.25, 0.3) is 5.91 Å². The van der Waals surface area contributed by atoms with Gasteiger partial charge in [-0.25, -0.2) is 0 Å². The maximum atomic E-state index is 12.5. The van der Waals surface area contributed by atoms with Crippen LogP contribution in [0.15, 0.2) is 24.3 Å². The number of hydrogen-bond donors (Lipinski definition) is 0. The van der Waals surface area contributed by atoms with Crippen molar-refractivity contribution in [1.82, 2.24) is 4.90 Å². The van der Waals surface area contributed by atoms with Crippen molar-refractivity contribution in [2.24, 2.45) is 0 Å². The highest BCUT2D eigenvalue weighted by Gasteiger charge is 2.20. The first-order valence-corrected chi connectivity index (χ1v) is 6.75. The summed E-state index contributed by atoms with van der Waals surface area (Å²) >= 11 is 0. The Balaban J connectivity index is 2.19. The molecule has 4 heteroatoms. The van der Waals surface area contributed by atoms with E-state index in [0.29, 0.717) is 11.3 Å². The Morgan fingerprint density at radius 3 is 2.32 bits per heavy atom. The highest BCUT2D eigenvalue weighted by atomic mass is 16.5. The number of carbonyl (C=O) groups excluding carboxylic acids is 2. The SMILES string of the molecule is CC(=O)Oc1ccccc1C(=O)N1CCCCCC1. The first-order chi connectivity index (χ1) is 9.18. The van der Waals surface area contributed by atoms with Crippen molar-refractivity contribution in [3.63, 3.8) is 0 Å². The molecular weight excluding hydrogens is 242 g/mol. The average molecular weight is 261 g/mol. The molecule has 1 aromatic rings. The van der Waals surface area contributed by atoms with E-state index in [9.17, 15) is 9.59 Å². The van der Waals surface area contributed by atoms with Crippen molar-refractivity contribution in [3.05, 3.63) is 29.8 Å². The van der Waals surface area contributed by atoms with E-state index in [1.165, 1.54) is 19.8 Å². The molecule has 1 aliphatic heterocycles. The van der Waals surface area contributed by atoms with Gasteiger partial charge in [-0.3, -0.25) is 9.59 Å². The number of carbonyl (C=O) groups is 2. The zero-order chi connectivity index (χ0) is 13.7. The van der Waals surface area contributed by atoms with E-state index < -0.39 is 5.97 Å². The summed E-state index contributed by atoms with van der Waals surface area (Å²) in [7, 11) is 0. The molecule has 0 saturated carbocycles. The predicted molar refractivity (Wildman–Crippen MR) is 72.1 cm³/mol. The van der Waals surface area contributed by atoms with Crippen molar-refractivity contribution < 1.29 is 14.3 Å². The molecule has 102 valence electrons. The van der Waals surface area contributed by atoms with Crippen LogP contribution in [-0.2, 0) is 4.79 Å². The lowest BCUT2D eigenvalue weighted by Gasteiger charge is -2.21. The molecular formula is C15H19NO3. The molecule has 1 amide bonds. The van der Waals surface area contributed by atoms with Gasteiger partial charge in [0.2, 0.25) is 0 Å². The lowest BCUT2D eigenvalue weighted by atomic mass is 10.1. The van der Waals surface area contributed by atoms with Crippen molar-refractivity contribution in [3.8, 4) is 5.75 Å². The number of hydrogen-bond acceptors (Lipinski definition) is 3. The van der Waals surface area contributed by atoms with Gasteiger partial charge in [-0.05, 0) is 25.0 Å². The van der Waals surface area contributed by atoms with Crippen LogP contribution in [0.25, 0.3) is 0 Å². The third kappa shape index (κ3) is 3.56. The van der Waals surface area contributed by atoms with E-state index in [4.69, 9.17) is 4.74 Å². The van der Waals surface area contributed by atoms with Gasteiger partial charge in [-0.1, -0.05) is 25.0 Å². The van der Waals surface area contributed by atoms with Crippen LogP contribution in [0.5, 0.6) is 5.75 Å². The number of benzene rings is 1. The van der Waals surface area contributed by atoms with Crippen LogP contribution in [0.1, 0.15) is 43.0 Å². The highest BCUT2D eigenvalue weighted by molar-refractivity contribution is 5.97. The molecule has 1 saturated heterocycles. The molecule has 1 aromatic carbocycles. The van der Waals surface area contributed by atoms with E-state index in [2.05, 4.69) is 0 Å². The van der Waals surface area contributed by atoms with Gasteiger partial charge in [0.05, 0.1) is 5.56 Å². The first-order valence-electron chi connectivity index (χ1n) is 6.75. The molecule has 4 nitrogen and oxygen atoms in total. The van der Waals surface area contributed by atoms with Crippen molar-refractivity contribution in [2.75, 3.05) is 13.1 Å². The van der Waals surface area contributed by atoms with Gasteiger partial charge in [0, 0.05) is 20.0 Å². The van der Waals surface area contributed by atoms with E-state index in [-0.39, 0.29) is 5.91 Å². The van der Waals surface area contributed by atoms with E-state index in [1.54, 1.807) is 24.3 Å². The van der Waals surface area contributed by atoms with Crippen LogP contribution < -0.4 is 4.74 Å². The third-order valence-corrected chi connectivity index (χ3v) is 3.26. The summed E-state index contributed by atoms with van der Waals surface area (Å²) in [5, 5.41) is 0. The zero-order valence-electron chi connectivity index (χ0n) is 11.2. The smallest absolute Gasteiger partial charge is 0.308 e. The molecule has 2 rings (SSSR count). The number of rotatable bonds is 2. The molecule has 0 aromatic heterocycles. The largest absolute Gasteiger partial charge is 0.426 e. The Kier molecular flexibility index (Phi) is 4.55. The number of para-hydroxylation sites is 1. The lowest BCUT2D eigenvalue weighted by Crippen LogP contribution is -2.32. The van der Waals surface area contributed by atoms with Gasteiger partial charge in [-0.2, -0.15) is 0 Å². The summed E-state index contributed by atoms with van der Waals surface area (Å²) in [6.45, 7) is 2.91. The Bertz CT molecular complexity index is 462. The fourth-order valence-corrected chi connectivity index (χ4v) is 2.33. The van der Waals surface area contributed by atoms with Crippen molar-refractivity contribution in [2.45, 2.75) is 32.6 Å². The Labute approximate surface area is 113 Å². The zero-order valence-corrected chi connectivity index (χ0v) is 11.2. The standard InChI is InChI=1S/C15H19NO3/c1-12(17)19-14-9-5-4-8-13(14)15(18)16-10-6-2-3-7-11-16/h4-5,8-9H,2-3,6-7,10-11H2,1H3. The first kappa shape index (κ1) is 13.6. The maximum Gasteiger partial charge on any atom is 0.308 e. The van der Waals surface area contributed by atoms with Crippen LogP contribution >= 0.6 is 0 Å². The number of amides is 1. The lowest BCUT2D eigenvalue weighted by molar-refractivity contribution is -0.131. The molecule has 0 atom stereocenters. The second kappa shape index (κ2) is 6.36. The minimum absolute atomic E-state index is 0.0428. The Morgan fingerprint density at radius 1 is 1.05 bits per heavy atom. The quantitative estimate of drug-likeness (QED) is 0.607. The second-order valence-corrected chi connectivity index (χ2v) is 4.80. The number of esters is 1. The Hall–Kier alpha value is -1.84. The maximum absolute atomic E-state index is 12.5.